The van der Waals surface area contributed by atoms with E-state index in [1.165, 1.54) is 0 Å². The number of rotatable bonds is 6. The van der Waals surface area contributed by atoms with Crippen molar-refractivity contribution in [3.8, 4) is 0 Å². The van der Waals surface area contributed by atoms with E-state index in [1.54, 1.807) is 28.6 Å². The Kier molecular flexibility index (Phi) is 6.63. The molecule has 0 bridgehead atoms. The van der Waals surface area contributed by atoms with Crippen LogP contribution >= 0.6 is 0 Å². The summed E-state index contributed by atoms with van der Waals surface area (Å²) >= 11 is 0. The minimum atomic E-state index is -3.51. The van der Waals surface area contributed by atoms with Crippen molar-refractivity contribution in [2.24, 2.45) is 5.92 Å². The number of anilines is 1. The van der Waals surface area contributed by atoms with Gasteiger partial charge in [0.15, 0.2) is 0 Å². The number of amides is 1. The predicted octanol–water partition coefficient (Wildman–Crippen LogP) is 4.01. The Labute approximate surface area is 151 Å². The second-order valence-corrected chi connectivity index (χ2v) is 9.31. The molecule has 1 aliphatic rings. The third-order valence-corrected chi connectivity index (χ3v) is 6.92. The topological polar surface area (TPSA) is 66.5 Å². The molecule has 140 valence electrons. The van der Waals surface area contributed by atoms with Crippen molar-refractivity contribution < 1.29 is 13.2 Å². The molecule has 1 N–H and O–H groups in total. The lowest BCUT2D eigenvalue weighted by Crippen LogP contribution is -2.47. The third kappa shape index (κ3) is 5.05. The molecule has 1 fully saturated rings. The molecule has 0 aromatic heterocycles. The monoisotopic (exact) mass is 366 g/mol. The van der Waals surface area contributed by atoms with Crippen molar-refractivity contribution in [2.45, 2.75) is 76.8 Å². The van der Waals surface area contributed by atoms with Gasteiger partial charge < -0.3 is 5.32 Å². The average molecular weight is 367 g/mol. The van der Waals surface area contributed by atoms with E-state index in [9.17, 15) is 13.2 Å². The molecule has 2 atom stereocenters. The number of hydrogen-bond donors (Lipinski definition) is 1. The zero-order chi connectivity index (χ0) is 18.6. The first-order chi connectivity index (χ1) is 11.7. The maximum absolute atomic E-state index is 13.0. The van der Waals surface area contributed by atoms with E-state index in [1.807, 2.05) is 13.8 Å². The van der Waals surface area contributed by atoms with Gasteiger partial charge >= 0.3 is 0 Å². The molecule has 1 saturated heterocycles. The van der Waals surface area contributed by atoms with Gasteiger partial charge in [-0.1, -0.05) is 20.3 Å². The van der Waals surface area contributed by atoms with Crippen LogP contribution in [0, 0.1) is 5.92 Å². The van der Waals surface area contributed by atoms with Gasteiger partial charge in [0, 0.05) is 24.2 Å². The number of piperidine rings is 1. The van der Waals surface area contributed by atoms with Gasteiger partial charge in [-0.05, 0) is 63.3 Å². The molecular formula is C19H30N2O3S. The van der Waals surface area contributed by atoms with Gasteiger partial charge in [-0.15, -0.1) is 0 Å². The van der Waals surface area contributed by atoms with Crippen molar-refractivity contribution in [1.82, 2.24) is 4.31 Å². The van der Waals surface area contributed by atoms with Crippen LogP contribution in [0.15, 0.2) is 29.2 Å². The highest BCUT2D eigenvalue weighted by molar-refractivity contribution is 7.89. The minimum absolute atomic E-state index is 0.0177. The molecule has 1 aromatic rings. The van der Waals surface area contributed by atoms with E-state index in [0.29, 0.717) is 18.0 Å². The predicted molar refractivity (Wildman–Crippen MR) is 101 cm³/mol. The summed E-state index contributed by atoms with van der Waals surface area (Å²) in [6.07, 6.45) is 4.17. The average Bonchev–Trinajstić information content (AvgIpc) is 2.53. The Morgan fingerprint density at radius 1 is 1.16 bits per heavy atom. The number of carbonyl (C=O) groups excluding carboxylic acids is 1. The molecule has 0 spiro atoms. The van der Waals surface area contributed by atoms with Crippen LogP contribution in [-0.4, -0.2) is 30.7 Å². The number of benzene rings is 1. The van der Waals surface area contributed by atoms with Crippen molar-refractivity contribution in [1.29, 1.82) is 0 Å². The fourth-order valence-corrected chi connectivity index (χ4v) is 5.23. The highest BCUT2D eigenvalue weighted by Crippen LogP contribution is 2.29. The number of nitrogens with zero attached hydrogens (tertiary/aromatic N) is 1. The van der Waals surface area contributed by atoms with Gasteiger partial charge in [-0.2, -0.15) is 4.31 Å². The highest BCUT2D eigenvalue weighted by atomic mass is 32.2. The van der Waals surface area contributed by atoms with E-state index in [4.69, 9.17) is 0 Å². The van der Waals surface area contributed by atoms with Crippen LogP contribution in [0.5, 0.6) is 0 Å². The molecule has 1 amide bonds. The third-order valence-electron chi connectivity index (χ3n) is 4.77. The molecule has 1 heterocycles. The summed E-state index contributed by atoms with van der Waals surface area (Å²) in [5.41, 5.74) is 0.632. The van der Waals surface area contributed by atoms with Crippen LogP contribution in [0.3, 0.4) is 0 Å². The smallest absolute Gasteiger partial charge is 0.243 e. The van der Waals surface area contributed by atoms with Gasteiger partial charge in [-0.3, -0.25) is 4.79 Å². The zero-order valence-corrected chi connectivity index (χ0v) is 16.5. The van der Waals surface area contributed by atoms with Gasteiger partial charge in [0.25, 0.3) is 0 Å². The van der Waals surface area contributed by atoms with E-state index in [0.717, 1.165) is 25.7 Å². The van der Waals surface area contributed by atoms with Crippen molar-refractivity contribution >= 4 is 21.6 Å². The van der Waals surface area contributed by atoms with E-state index in [2.05, 4.69) is 19.2 Å². The highest BCUT2D eigenvalue weighted by Gasteiger charge is 2.35. The van der Waals surface area contributed by atoms with Crippen LogP contribution in [-0.2, 0) is 14.8 Å². The maximum atomic E-state index is 13.0. The summed E-state index contributed by atoms with van der Waals surface area (Å²) < 4.78 is 27.5. The van der Waals surface area contributed by atoms with Crippen LogP contribution < -0.4 is 5.32 Å². The van der Waals surface area contributed by atoms with E-state index >= 15 is 0 Å². The Hall–Kier alpha value is -1.40. The summed E-state index contributed by atoms with van der Waals surface area (Å²) in [5.74, 6) is 0.439. The molecule has 0 radical (unpaired) electrons. The summed E-state index contributed by atoms with van der Waals surface area (Å²) in [6.45, 7) is 8.10. The molecule has 25 heavy (non-hydrogen) atoms. The van der Waals surface area contributed by atoms with Crippen molar-refractivity contribution in [3.63, 3.8) is 0 Å². The molecule has 0 saturated carbocycles. The lowest BCUT2D eigenvalue weighted by atomic mass is 10.0. The Morgan fingerprint density at radius 3 is 2.24 bits per heavy atom. The van der Waals surface area contributed by atoms with Gasteiger partial charge in [0.1, 0.15) is 0 Å². The summed E-state index contributed by atoms with van der Waals surface area (Å²) in [5, 5.41) is 2.83. The first-order valence-electron chi connectivity index (χ1n) is 9.15. The van der Waals surface area contributed by atoms with Crippen molar-refractivity contribution in [2.75, 3.05) is 5.32 Å². The minimum Gasteiger partial charge on any atom is -0.326 e. The van der Waals surface area contributed by atoms with Crippen molar-refractivity contribution in [3.05, 3.63) is 24.3 Å². The largest absolute Gasteiger partial charge is 0.326 e. The molecule has 1 aliphatic heterocycles. The number of carbonyl (C=O) groups is 1. The summed E-state index contributed by atoms with van der Waals surface area (Å²) in [4.78, 5) is 12.2. The molecule has 0 aliphatic carbocycles. The fraction of sp³-hybridized carbons (Fsp3) is 0.632. The molecule has 6 heteroatoms. The van der Waals surface area contributed by atoms with Crippen LogP contribution in [0.1, 0.15) is 59.8 Å². The molecule has 1 aromatic carbocycles. The lowest BCUT2D eigenvalue weighted by Gasteiger charge is -2.37. The quantitative estimate of drug-likeness (QED) is 0.827. The Bertz CT molecular complexity index is 673. The second kappa shape index (κ2) is 8.32. The second-order valence-electron chi connectivity index (χ2n) is 7.47. The van der Waals surface area contributed by atoms with E-state index in [-0.39, 0.29) is 22.9 Å². The Balaban J connectivity index is 2.09. The van der Waals surface area contributed by atoms with E-state index < -0.39 is 10.0 Å². The summed E-state index contributed by atoms with van der Waals surface area (Å²) in [6, 6.07) is 6.54. The van der Waals surface area contributed by atoms with Crippen LogP contribution in [0.4, 0.5) is 5.69 Å². The zero-order valence-electron chi connectivity index (χ0n) is 15.7. The normalized spacial score (nSPS) is 22.1. The maximum Gasteiger partial charge on any atom is 0.243 e. The van der Waals surface area contributed by atoms with Crippen LogP contribution in [0.2, 0.25) is 0 Å². The number of hydrogen-bond acceptors (Lipinski definition) is 3. The molecule has 0 unspecified atom stereocenters. The first kappa shape index (κ1) is 19.9. The van der Waals surface area contributed by atoms with Gasteiger partial charge in [0.2, 0.25) is 15.9 Å². The fourth-order valence-electron chi connectivity index (χ4n) is 3.35. The lowest BCUT2D eigenvalue weighted by molar-refractivity contribution is -0.116. The first-order valence-corrected chi connectivity index (χ1v) is 10.6. The molecular weight excluding hydrogens is 336 g/mol. The SMILES string of the molecule is CC(C)CCC(=O)Nc1ccc(S(=O)(=O)N2[C@@H](C)CCC[C@@H]2C)cc1. The Morgan fingerprint density at radius 2 is 1.72 bits per heavy atom. The molecule has 2 rings (SSSR count). The van der Waals surface area contributed by atoms with Gasteiger partial charge in [0.05, 0.1) is 4.90 Å². The number of sulfonamides is 1. The van der Waals surface area contributed by atoms with Gasteiger partial charge in [-0.25, -0.2) is 8.42 Å². The van der Waals surface area contributed by atoms with Crippen LogP contribution in [0.25, 0.3) is 0 Å². The standard InChI is InChI=1S/C19H30N2O3S/c1-14(2)8-13-19(22)20-17-9-11-18(12-10-17)25(23,24)21-15(3)6-5-7-16(21)4/h9-12,14-16H,5-8,13H2,1-4H3,(H,20,22)/t15-,16-/m0/s1. The number of nitrogens with one attached hydrogen (secondary N) is 1. The summed E-state index contributed by atoms with van der Waals surface area (Å²) in [7, 11) is -3.51. The molecule has 5 nitrogen and oxygen atoms in total.